The van der Waals surface area contributed by atoms with Crippen LogP contribution in [0.2, 0.25) is 0 Å². The van der Waals surface area contributed by atoms with E-state index in [1.54, 1.807) is 30.3 Å². The van der Waals surface area contributed by atoms with Gasteiger partial charge in [0.05, 0.1) is 0 Å². The maximum Gasteiger partial charge on any atom is 0.326 e. The Morgan fingerprint density at radius 1 is 1.23 bits per heavy atom. The quantitative estimate of drug-likeness (QED) is 0.493. The van der Waals surface area contributed by atoms with Crippen molar-refractivity contribution in [3.63, 3.8) is 0 Å². The van der Waals surface area contributed by atoms with Crippen molar-refractivity contribution in [1.82, 2.24) is 10.2 Å². The summed E-state index contributed by atoms with van der Waals surface area (Å²) in [5.41, 5.74) is -0.472. The number of urea groups is 1. The Morgan fingerprint density at radius 2 is 1.96 bits per heavy atom. The number of Topliss-reactive ketones (excluding diaryl/α,β-unsaturated/α-hetero) is 1. The van der Waals surface area contributed by atoms with Gasteiger partial charge < -0.3 is 10.1 Å². The number of benzene rings is 1. The molecule has 1 aromatic carbocycles. The Balaban J connectivity index is 1.58. The second kappa shape index (κ2) is 7.27. The highest BCUT2D eigenvalue weighted by Gasteiger charge is 2.55. The van der Waals surface area contributed by atoms with Gasteiger partial charge in [-0.05, 0) is 18.8 Å². The highest BCUT2D eigenvalue weighted by atomic mass is 16.5. The van der Waals surface area contributed by atoms with Crippen molar-refractivity contribution < 1.29 is 23.9 Å². The molecule has 0 radical (unpaired) electrons. The number of amides is 3. The lowest BCUT2D eigenvalue weighted by molar-refractivity contribution is -0.147. The third-order valence-electron chi connectivity index (χ3n) is 5.25. The third-order valence-corrected chi connectivity index (χ3v) is 5.25. The number of nitrogens with one attached hydrogen (secondary N) is 1. The summed E-state index contributed by atoms with van der Waals surface area (Å²) in [6.45, 7) is 1.03. The zero-order valence-electron chi connectivity index (χ0n) is 14.7. The number of imide groups is 1. The first-order valence-electron chi connectivity index (χ1n) is 8.82. The average Bonchev–Trinajstić information content (AvgIpc) is 2.88. The smallest absolute Gasteiger partial charge is 0.326 e. The number of hydrogen-bond acceptors (Lipinski definition) is 5. The summed E-state index contributed by atoms with van der Waals surface area (Å²) in [4.78, 5) is 49.9. The Bertz CT molecular complexity index is 733. The minimum absolute atomic E-state index is 0.0216. The second-order valence-electron chi connectivity index (χ2n) is 6.89. The Morgan fingerprint density at radius 3 is 2.65 bits per heavy atom. The van der Waals surface area contributed by atoms with Gasteiger partial charge in [0, 0.05) is 5.56 Å². The Hall–Kier alpha value is -2.70. The summed E-state index contributed by atoms with van der Waals surface area (Å²) < 4.78 is 4.96. The molecule has 0 unspecified atom stereocenters. The van der Waals surface area contributed by atoms with Gasteiger partial charge in [0.2, 0.25) is 0 Å². The largest absolute Gasteiger partial charge is 0.456 e. The average molecular weight is 358 g/mol. The molecule has 3 amide bonds. The minimum atomic E-state index is -0.907. The monoisotopic (exact) mass is 358 g/mol. The van der Waals surface area contributed by atoms with Crippen molar-refractivity contribution in [3.05, 3.63) is 35.9 Å². The summed E-state index contributed by atoms with van der Waals surface area (Å²) in [5.74, 6) is -1.47. The lowest BCUT2D eigenvalue weighted by atomic mass is 9.73. The first-order valence-corrected chi connectivity index (χ1v) is 8.82. The van der Waals surface area contributed by atoms with Crippen LogP contribution in [0.1, 0.15) is 43.0 Å². The maximum absolute atomic E-state index is 12.8. The molecule has 1 spiro atoms. The first-order chi connectivity index (χ1) is 12.4. The van der Waals surface area contributed by atoms with Crippen molar-refractivity contribution in [2.24, 2.45) is 5.92 Å². The number of ketones is 1. The number of rotatable bonds is 5. The normalized spacial score (nSPS) is 25.3. The topological polar surface area (TPSA) is 92.8 Å². The van der Waals surface area contributed by atoms with Crippen molar-refractivity contribution in [3.8, 4) is 0 Å². The minimum Gasteiger partial charge on any atom is -0.456 e. The molecule has 1 saturated heterocycles. The van der Waals surface area contributed by atoms with E-state index in [0.717, 1.165) is 24.2 Å². The Kier molecular flexibility index (Phi) is 5.06. The molecule has 2 atom stereocenters. The van der Waals surface area contributed by atoms with Crippen LogP contribution in [0.5, 0.6) is 0 Å². The number of ether oxygens (including phenoxy) is 1. The fraction of sp³-hybridized carbons (Fsp3) is 0.474. The predicted molar refractivity (Wildman–Crippen MR) is 92.3 cm³/mol. The zero-order valence-corrected chi connectivity index (χ0v) is 14.7. The number of hydrogen-bond donors (Lipinski definition) is 1. The fourth-order valence-corrected chi connectivity index (χ4v) is 3.67. The van der Waals surface area contributed by atoms with E-state index in [0.29, 0.717) is 12.0 Å². The SMILES string of the molecule is C[C@@H]1CCCC[C@@]12NC(=O)N(CC(=O)OCC(=O)c1ccccc1)C2=O. The van der Waals surface area contributed by atoms with Gasteiger partial charge in [-0.1, -0.05) is 50.1 Å². The number of nitrogens with zero attached hydrogens (tertiary/aromatic N) is 1. The van der Waals surface area contributed by atoms with Crippen LogP contribution in [-0.2, 0) is 14.3 Å². The number of esters is 1. The molecular formula is C19H22N2O5. The van der Waals surface area contributed by atoms with Crippen LogP contribution in [0, 0.1) is 5.92 Å². The lowest BCUT2D eigenvalue weighted by Crippen LogP contribution is -2.54. The summed E-state index contributed by atoms with van der Waals surface area (Å²) in [7, 11) is 0. The van der Waals surface area contributed by atoms with Crippen LogP contribution in [-0.4, -0.2) is 47.3 Å². The van der Waals surface area contributed by atoms with E-state index in [2.05, 4.69) is 5.32 Å². The molecule has 0 bridgehead atoms. The van der Waals surface area contributed by atoms with Gasteiger partial charge in [0.25, 0.3) is 5.91 Å². The van der Waals surface area contributed by atoms with Crippen LogP contribution >= 0.6 is 0 Å². The molecular weight excluding hydrogens is 336 g/mol. The van der Waals surface area contributed by atoms with E-state index >= 15 is 0 Å². The lowest BCUT2D eigenvalue weighted by Gasteiger charge is -2.36. The Labute approximate surface area is 151 Å². The van der Waals surface area contributed by atoms with Crippen LogP contribution in [0.15, 0.2) is 30.3 Å². The summed E-state index contributed by atoms with van der Waals surface area (Å²) >= 11 is 0. The van der Waals surface area contributed by atoms with E-state index in [1.807, 2.05) is 6.92 Å². The maximum atomic E-state index is 12.8. The van der Waals surface area contributed by atoms with E-state index in [-0.39, 0.29) is 17.6 Å². The molecule has 7 nitrogen and oxygen atoms in total. The van der Waals surface area contributed by atoms with Crippen LogP contribution in [0.4, 0.5) is 4.79 Å². The highest BCUT2D eigenvalue weighted by molar-refractivity contribution is 6.09. The second-order valence-corrected chi connectivity index (χ2v) is 6.89. The highest BCUT2D eigenvalue weighted by Crippen LogP contribution is 2.38. The summed E-state index contributed by atoms with van der Waals surface area (Å²) in [5, 5.41) is 2.78. The van der Waals surface area contributed by atoms with Crippen LogP contribution in [0.25, 0.3) is 0 Å². The van der Waals surface area contributed by atoms with Crippen molar-refractivity contribution >= 4 is 23.7 Å². The molecule has 1 saturated carbocycles. The molecule has 26 heavy (non-hydrogen) atoms. The van der Waals surface area contributed by atoms with Crippen molar-refractivity contribution in [2.45, 2.75) is 38.1 Å². The van der Waals surface area contributed by atoms with Crippen LogP contribution in [0.3, 0.4) is 0 Å². The van der Waals surface area contributed by atoms with Gasteiger partial charge in [-0.25, -0.2) is 4.79 Å². The summed E-state index contributed by atoms with van der Waals surface area (Å²) in [6.07, 6.45) is 3.32. The molecule has 3 rings (SSSR count). The molecule has 1 aromatic rings. The van der Waals surface area contributed by atoms with Gasteiger partial charge in [0.1, 0.15) is 12.1 Å². The van der Waals surface area contributed by atoms with Gasteiger partial charge >= 0.3 is 12.0 Å². The molecule has 7 heteroatoms. The molecule has 1 N–H and O–H groups in total. The summed E-state index contributed by atoms with van der Waals surface area (Å²) in [6, 6.07) is 7.89. The molecule has 138 valence electrons. The van der Waals surface area contributed by atoms with Crippen molar-refractivity contribution in [1.29, 1.82) is 0 Å². The molecule has 1 aliphatic carbocycles. The van der Waals surface area contributed by atoms with Gasteiger partial charge in [0.15, 0.2) is 12.4 Å². The molecule has 0 aromatic heterocycles. The molecule has 1 aliphatic heterocycles. The molecule has 2 fully saturated rings. The van der Waals surface area contributed by atoms with E-state index < -0.39 is 30.7 Å². The third kappa shape index (κ3) is 3.34. The first kappa shape index (κ1) is 18.1. The zero-order chi connectivity index (χ0) is 18.7. The van der Waals surface area contributed by atoms with E-state index in [9.17, 15) is 19.2 Å². The predicted octanol–water partition coefficient (Wildman–Crippen LogP) is 1.91. The van der Waals surface area contributed by atoms with E-state index in [1.165, 1.54) is 0 Å². The van der Waals surface area contributed by atoms with Gasteiger partial charge in [-0.2, -0.15) is 0 Å². The van der Waals surface area contributed by atoms with Crippen LogP contribution < -0.4 is 5.32 Å². The van der Waals surface area contributed by atoms with Gasteiger partial charge in [-0.3, -0.25) is 19.3 Å². The van der Waals surface area contributed by atoms with Crippen molar-refractivity contribution in [2.75, 3.05) is 13.2 Å². The molecule has 2 aliphatic rings. The standard InChI is InChI=1S/C19H22N2O5/c1-13-7-5-6-10-19(13)17(24)21(18(25)20-19)11-16(23)26-12-15(22)14-8-3-2-4-9-14/h2-4,8-9,13H,5-7,10-12H2,1H3,(H,20,25)/t13-,19-/m1/s1. The number of carbonyl (C=O) groups is 4. The van der Waals surface area contributed by atoms with Gasteiger partial charge in [-0.15, -0.1) is 0 Å². The molecule has 1 heterocycles. The fourth-order valence-electron chi connectivity index (χ4n) is 3.67. The number of carbonyl (C=O) groups excluding carboxylic acids is 4. The van der Waals surface area contributed by atoms with E-state index in [4.69, 9.17) is 4.74 Å².